The van der Waals surface area contributed by atoms with Crippen molar-refractivity contribution in [1.29, 1.82) is 0 Å². The van der Waals surface area contributed by atoms with Crippen LogP contribution >= 0.6 is 0 Å². The number of aromatic amines is 1. The first-order valence-electron chi connectivity index (χ1n) is 42.2. The van der Waals surface area contributed by atoms with Crippen LogP contribution in [0.1, 0.15) is 85.9 Å². The Labute approximate surface area is 770 Å². The molecule has 4 amide bonds. The van der Waals surface area contributed by atoms with Crippen molar-refractivity contribution in [3.63, 3.8) is 0 Å². The number of carbonyl (C=O) groups excluding carboxylic acids is 4. The number of alkyl halides is 9. The molecule has 8 aromatic carbocycles. The summed E-state index contributed by atoms with van der Waals surface area (Å²) in [7, 11) is 0. The molecule has 0 saturated carbocycles. The van der Waals surface area contributed by atoms with Gasteiger partial charge in [0, 0.05) is 100 Å². The normalized spacial score (nSPS) is 11.4. The smallest absolute Gasteiger partial charge is 0.322 e. The molecule has 0 aliphatic heterocycles. The summed E-state index contributed by atoms with van der Waals surface area (Å²) in [5.74, 6) is -0.0759. The number of pyridine rings is 6. The van der Waals surface area contributed by atoms with Crippen LogP contribution in [0.5, 0.6) is 0 Å². The van der Waals surface area contributed by atoms with Gasteiger partial charge >= 0.3 is 18.5 Å². The second-order valence-electron chi connectivity index (χ2n) is 31.6. The van der Waals surface area contributed by atoms with E-state index in [-0.39, 0.29) is 5.91 Å². The third-order valence-corrected chi connectivity index (χ3v) is 22.3. The topological polar surface area (TPSA) is 266 Å². The number of benzene rings is 8. The third kappa shape index (κ3) is 19.8. The molecule has 0 saturated heterocycles. The van der Waals surface area contributed by atoms with E-state index < -0.39 is 69.6 Å². The lowest BCUT2D eigenvalue weighted by Gasteiger charge is -2.15. The van der Waals surface area contributed by atoms with E-state index in [9.17, 15) is 58.7 Å². The van der Waals surface area contributed by atoms with E-state index in [1.54, 1.807) is 181 Å². The van der Waals surface area contributed by atoms with Gasteiger partial charge in [-0.25, -0.2) is 29.9 Å². The molecule has 22 nitrogen and oxygen atoms in total. The first kappa shape index (κ1) is 90.3. The number of halogens is 9. The van der Waals surface area contributed by atoms with E-state index in [1.165, 1.54) is 42.7 Å². The molecule has 0 aliphatic carbocycles. The minimum Gasteiger partial charge on any atom is -0.322 e. The fourth-order valence-corrected chi connectivity index (χ4v) is 15.4. The van der Waals surface area contributed by atoms with Crippen molar-refractivity contribution in [2.75, 3.05) is 21.3 Å². The number of H-pyrrole nitrogens is 1. The molecule has 12 heterocycles. The highest BCUT2D eigenvalue weighted by molar-refractivity contribution is 6.09. The van der Waals surface area contributed by atoms with Gasteiger partial charge in [0.05, 0.1) is 80.2 Å². The Bertz CT molecular complexity index is 7240. The van der Waals surface area contributed by atoms with Crippen molar-refractivity contribution in [3.8, 4) is 90.6 Å². The van der Waals surface area contributed by atoms with Gasteiger partial charge in [-0.05, 0) is 214 Å². The second kappa shape index (κ2) is 38.4. The van der Waals surface area contributed by atoms with Crippen molar-refractivity contribution in [3.05, 3.63) is 414 Å². The molecule has 20 rings (SSSR count). The molecule has 0 atom stereocenters. The minimum absolute atomic E-state index is 0.123. The molecular formula is C105H77F9N18O4. The zero-order valence-corrected chi connectivity index (χ0v) is 72.8. The molecule has 0 bridgehead atoms. The van der Waals surface area contributed by atoms with E-state index in [4.69, 9.17) is 0 Å². The van der Waals surface area contributed by atoms with E-state index in [0.717, 1.165) is 79.9 Å². The number of nitrogens with one attached hydrogen (secondary N) is 5. The van der Waals surface area contributed by atoms with E-state index in [0.29, 0.717) is 107 Å². The van der Waals surface area contributed by atoms with Crippen LogP contribution in [0.2, 0.25) is 0 Å². The van der Waals surface area contributed by atoms with Gasteiger partial charge in [-0.15, -0.1) is 0 Å². The Hall–Kier alpha value is -17.6. The van der Waals surface area contributed by atoms with Gasteiger partial charge in [0.15, 0.2) is 23.3 Å². The summed E-state index contributed by atoms with van der Waals surface area (Å²) in [4.78, 5) is 86.6. The molecule has 674 valence electrons. The van der Waals surface area contributed by atoms with Crippen LogP contribution < -0.4 is 21.3 Å². The first-order chi connectivity index (χ1) is 65.5. The SMILES string of the molecule is Cc1ccc(NC(=O)c2cc(-c3cccn4c(-c5ccccn5)ncc34)ccc2C(F)(F)F)cc1.Cc1ccc(NC(=O)c2cc(-c3cccn4c(-c5ccccn5)ncc34)ccc2C(F)(F)F)cc1.Cc1ccc(NC(=O)c2cc(-c3cccn4c(-c5ccn[nH]5)ncc34)ccc2C)cc1.Cc1ccc(NC(=O)c2cc(-c3cccn4c(-c5ccncn5)ncc34)ccc2C(F)(F)F)cc1. The Morgan fingerprint density at radius 3 is 0.904 bits per heavy atom. The number of hydrogen-bond acceptors (Lipinski definition) is 13. The lowest BCUT2D eigenvalue weighted by molar-refractivity contribution is -0.138. The maximum absolute atomic E-state index is 13.8. The largest absolute Gasteiger partial charge is 0.417 e. The van der Waals surface area contributed by atoms with E-state index in [2.05, 4.69) is 71.3 Å². The van der Waals surface area contributed by atoms with Gasteiger partial charge in [-0.3, -0.25) is 51.8 Å². The van der Waals surface area contributed by atoms with Crippen molar-refractivity contribution < 1.29 is 58.7 Å². The lowest BCUT2D eigenvalue weighted by Crippen LogP contribution is -2.19. The van der Waals surface area contributed by atoms with Crippen LogP contribution in [0, 0.1) is 34.6 Å². The van der Waals surface area contributed by atoms with Gasteiger partial charge in [0.25, 0.3) is 23.6 Å². The molecule has 136 heavy (non-hydrogen) atoms. The van der Waals surface area contributed by atoms with Gasteiger partial charge < -0.3 is 21.3 Å². The Morgan fingerprint density at radius 2 is 0.603 bits per heavy atom. The van der Waals surface area contributed by atoms with Crippen LogP contribution in [-0.2, 0) is 18.5 Å². The van der Waals surface area contributed by atoms with Crippen LogP contribution in [0.15, 0.2) is 348 Å². The number of fused-ring (bicyclic) bond motifs is 4. The Morgan fingerprint density at radius 1 is 0.294 bits per heavy atom. The number of rotatable bonds is 16. The monoisotopic (exact) mass is 1820 g/mol. The Balaban J connectivity index is 0.000000126. The summed E-state index contributed by atoms with van der Waals surface area (Å²) >= 11 is 0. The van der Waals surface area contributed by atoms with Crippen LogP contribution in [0.3, 0.4) is 0 Å². The van der Waals surface area contributed by atoms with Gasteiger partial charge in [-0.1, -0.05) is 138 Å². The summed E-state index contributed by atoms with van der Waals surface area (Å²) in [6.45, 7) is 9.61. The number of amides is 4. The number of aromatic nitrogens is 14. The van der Waals surface area contributed by atoms with Crippen molar-refractivity contribution in [1.82, 2.24) is 67.7 Å². The van der Waals surface area contributed by atoms with Gasteiger partial charge in [0.2, 0.25) is 0 Å². The van der Waals surface area contributed by atoms with Crippen LogP contribution in [0.25, 0.3) is 113 Å². The molecule has 12 aromatic heterocycles. The minimum atomic E-state index is -4.69. The zero-order chi connectivity index (χ0) is 95.1. The number of imidazole rings is 4. The molecular weight excluding hydrogens is 1750 g/mol. The average Bonchev–Trinajstić information content (AvgIpc) is 1.58. The highest BCUT2D eigenvalue weighted by Gasteiger charge is 2.39. The summed E-state index contributed by atoms with van der Waals surface area (Å²) < 4.78 is 131. The standard InChI is InChI=1S/2C27H19F3N4O.C26H18F3N5O.C25H21N5O/c2*1-17-7-10-19(11-8-17)33-26(35)21-15-18(9-12-22(21)27(28,29)30)20-5-4-14-34-24(20)16-32-25(34)23-6-2-3-13-31-23;1-16-4-7-18(8-5-16)33-25(35)20-13-17(6-9-21(20)26(27,28)29)19-3-2-12-34-23(19)14-31-24(34)22-10-11-30-15-32-22;1-16-5-9-19(10-6-16)28-25(31)21-14-18(8-7-17(21)2)20-4-3-13-30-23(20)15-26-24(30)22-11-12-27-29-22/h2*2-16H,1H3,(H,33,35);2-15H,1H3,(H,33,35);3-15H,1-2H3,(H,27,29)(H,28,31). The molecule has 31 heteroatoms. The maximum Gasteiger partial charge on any atom is 0.417 e. The fraction of sp³-hybridized carbons (Fsp3) is 0.0762. The molecule has 0 spiro atoms. The fourth-order valence-electron chi connectivity index (χ4n) is 15.4. The van der Waals surface area contributed by atoms with Gasteiger partial charge in [0.1, 0.15) is 29.1 Å². The highest BCUT2D eigenvalue weighted by Crippen LogP contribution is 2.42. The maximum atomic E-state index is 13.8. The first-order valence-corrected chi connectivity index (χ1v) is 42.2. The number of aryl methyl sites for hydroxylation is 5. The molecule has 0 aliphatic rings. The molecule has 0 fully saturated rings. The number of carbonyl (C=O) groups is 4. The quantitative estimate of drug-likeness (QED) is 0.0564. The number of anilines is 4. The Kier molecular flexibility index (Phi) is 25.5. The number of hydrogen-bond donors (Lipinski definition) is 5. The summed E-state index contributed by atoms with van der Waals surface area (Å²) in [6, 6.07) is 74.2. The van der Waals surface area contributed by atoms with Crippen LogP contribution in [0.4, 0.5) is 62.3 Å². The van der Waals surface area contributed by atoms with Crippen LogP contribution in [-0.4, -0.2) is 91.3 Å². The number of nitrogens with zero attached hydrogens (tertiary/aromatic N) is 13. The third-order valence-electron chi connectivity index (χ3n) is 22.3. The average molecular weight is 1830 g/mol. The molecule has 0 radical (unpaired) electrons. The zero-order valence-electron chi connectivity index (χ0n) is 72.8. The highest BCUT2D eigenvalue weighted by atomic mass is 19.4. The predicted octanol–water partition coefficient (Wildman–Crippen LogP) is 24.6. The predicted molar refractivity (Wildman–Crippen MR) is 504 cm³/mol. The van der Waals surface area contributed by atoms with Crippen molar-refractivity contribution in [2.45, 2.75) is 53.1 Å². The molecule has 20 aromatic rings. The van der Waals surface area contributed by atoms with Crippen molar-refractivity contribution in [2.24, 2.45) is 0 Å². The lowest BCUT2D eigenvalue weighted by atomic mass is 9.98. The van der Waals surface area contributed by atoms with E-state index >= 15 is 0 Å². The van der Waals surface area contributed by atoms with Crippen molar-refractivity contribution >= 4 is 68.4 Å². The molecule has 0 unspecified atom stereocenters. The summed E-state index contributed by atoms with van der Waals surface area (Å²) in [6.07, 6.45) is 8.11. The second-order valence-corrected chi connectivity index (χ2v) is 31.6. The summed E-state index contributed by atoms with van der Waals surface area (Å²) in [5.41, 5.74) is 14.3. The molecule has 5 N–H and O–H groups in total. The summed E-state index contributed by atoms with van der Waals surface area (Å²) in [5, 5.41) is 17.7. The van der Waals surface area contributed by atoms with E-state index in [1.807, 2.05) is 158 Å². The van der Waals surface area contributed by atoms with Gasteiger partial charge in [-0.2, -0.15) is 44.6 Å².